The molecule has 4 nitrogen and oxygen atoms in total. The lowest BCUT2D eigenvalue weighted by Gasteiger charge is -2.34. The van der Waals surface area contributed by atoms with Gasteiger partial charge in [0.05, 0.1) is 19.2 Å². The lowest BCUT2D eigenvalue weighted by Crippen LogP contribution is -2.38. The molecule has 1 aromatic carbocycles. The van der Waals surface area contributed by atoms with Crippen LogP contribution in [0, 0.1) is 5.41 Å². The summed E-state index contributed by atoms with van der Waals surface area (Å²) in [5.74, 6) is 1.32. The molecule has 0 aromatic heterocycles. The number of ether oxygens (including phenoxy) is 2. The molecule has 0 unspecified atom stereocenters. The summed E-state index contributed by atoms with van der Waals surface area (Å²) in [6.07, 6.45) is 3.89. The first-order valence-electron chi connectivity index (χ1n) is 8.00. The topological polar surface area (TPSA) is 33.7 Å². The predicted octanol–water partition coefficient (Wildman–Crippen LogP) is 3.35. The minimum absolute atomic E-state index is 0. The Morgan fingerprint density at radius 2 is 1.91 bits per heavy atom. The number of hydrogen-bond acceptors (Lipinski definition) is 4. The van der Waals surface area contributed by atoms with Crippen molar-refractivity contribution < 1.29 is 9.47 Å². The minimum Gasteiger partial charge on any atom is -0.493 e. The normalized spacial score (nSPS) is 20.3. The molecular formula is C17H26Cl2N2O2. The Balaban J connectivity index is 0.00000192. The van der Waals surface area contributed by atoms with E-state index in [0.29, 0.717) is 21.9 Å². The summed E-state index contributed by atoms with van der Waals surface area (Å²) in [5.41, 5.74) is 1.64. The van der Waals surface area contributed by atoms with Crippen LogP contribution < -0.4 is 14.8 Å². The van der Waals surface area contributed by atoms with E-state index in [9.17, 15) is 0 Å². The Hall–Kier alpha value is -0.680. The van der Waals surface area contributed by atoms with Crippen LogP contribution in [-0.4, -0.2) is 45.3 Å². The number of nitrogens with zero attached hydrogens (tertiary/aromatic N) is 1. The van der Waals surface area contributed by atoms with Gasteiger partial charge in [0.15, 0.2) is 11.5 Å². The molecule has 0 bridgehead atoms. The van der Waals surface area contributed by atoms with E-state index in [2.05, 4.69) is 16.3 Å². The van der Waals surface area contributed by atoms with Gasteiger partial charge in [0.2, 0.25) is 0 Å². The van der Waals surface area contributed by atoms with Crippen LogP contribution in [-0.2, 0) is 6.54 Å². The van der Waals surface area contributed by atoms with Crippen molar-refractivity contribution >= 4 is 24.0 Å². The standard InChI is InChI=1S/C17H25ClN2O2.ClH/c1-21-14-4-3-13(15(18)16(14)22-2)11-20-10-7-17(12-20)5-8-19-9-6-17;/h3-4,19H,5-12H2,1-2H3;1H. The molecule has 2 aliphatic rings. The molecule has 3 rings (SSSR count). The van der Waals surface area contributed by atoms with E-state index in [0.717, 1.165) is 31.7 Å². The number of halogens is 2. The van der Waals surface area contributed by atoms with E-state index in [1.165, 1.54) is 25.8 Å². The fraction of sp³-hybridized carbons (Fsp3) is 0.647. The minimum atomic E-state index is 0. The van der Waals surface area contributed by atoms with Crippen molar-refractivity contribution in [3.05, 3.63) is 22.7 Å². The molecule has 2 saturated heterocycles. The molecule has 0 radical (unpaired) electrons. The van der Waals surface area contributed by atoms with Crippen LogP contribution in [0.15, 0.2) is 12.1 Å². The summed E-state index contributed by atoms with van der Waals surface area (Å²) >= 11 is 6.51. The van der Waals surface area contributed by atoms with Gasteiger partial charge in [-0.05, 0) is 55.9 Å². The monoisotopic (exact) mass is 360 g/mol. The lowest BCUT2D eigenvalue weighted by molar-refractivity contribution is 0.194. The molecule has 0 saturated carbocycles. The van der Waals surface area contributed by atoms with Crippen LogP contribution in [0.5, 0.6) is 11.5 Å². The Morgan fingerprint density at radius 1 is 1.17 bits per heavy atom. The number of methoxy groups -OCH3 is 2. The van der Waals surface area contributed by atoms with Gasteiger partial charge in [-0.2, -0.15) is 0 Å². The third-order valence-electron chi connectivity index (χ3n) is 5.14. The Kier molecular flexibility index (Phi) is 6.43. The van der Waals surface area contributed by atoms with E-state index in [1.807, 2.05) is 6.07 Å². The zero-order valence-electron chi connectivity index (χ0n) is 13.9. The van der Waals surface area contributed by atoms with Gasteiger partial charge < -0.3 is 14.8 Å². The van der Waals surface area contributed by atoms with Crippen molar-refractivity contribution in [2.24, 2.45) is 5.41 Å². The number of benzene rings is 1. The van der Waals surface area contributed by atoms with Crippen LogP contribution >= 0.6 is 24.0 Å². The molecule has 1 N–H and O–H groups in total. The molecule has 0 atom stereocenters. The number of nitrogens with one attached hydrogen (secondary N) is 1. The zero-order chi connectivity index (χ0) is 15.6. The van der Waals surface area contributed by atoms with E-state index >= 15 is 0 Å². The number of hydrogen-bond donors (Lipinski definition) is 1. The second kappa shape index (κ2) is 7.93. The average Bonchev–Trinajstić information content (AvgIpc) is 2.92. The molecule has 23 heavy (non-hydrogen) atoms. The fourth-order valence-corrected chi connectivity index (χ4v) is 4.11. The number of piperidine rings is 1. The van der Waals surface area contributed by atoms with E-state index in [-0.39, 0.29) is 12.4 Å². The molecule has 2 aliphatic heterocycles. The molecule has 1 aromatic rings. The molecule has 2 fully saturated rings. The maximum Gasteiger partial charge on any atom is 0.179 e. The van der Waals surface area contributed by atoms with Gasteiger partial charge in [0.1, 0.15) is 0 Å². The van der Waals surface area contributed by atoms with E-state index < -0.39 is 0 Å². The predicted molar refractivity (Wildman–Crippen MR) is 96.2 cm³/mol. The van der Waals surface area contributed by atoms with Crippen LogP contribution in [0.1, 0.15) is 24.8 Å². The average molecular weight is 361 g/mol. The molecule has 2 heterocycles. The summed E-state index contributed by atoms with van der Waals surface area (Å²) < 4.78 is 10.7. The van der Waals surface area contributed by atoms with Gasteiger partial charge in [0, 0.05) is 13.1 Å². The van der Waals surface area contributed by atoms with Gasteiger partial charge in [-0.1, -0.05) is 17.7 Å². The van der Waals surface area contributed by atoms with Gasteiger partial charge in [-0.15, -0.1) is 12.4 Å². The summed E-state index contributed by atoms with van der Waals surface area (Å²) in [6.45, 7) is 5.54. The van der Waals surface area contributed by atoms with Crippen molar-refractivity contribution in [2.45, 2.75) is 25.8 Å². The summed E-state index contributed by atoms with van der Waals surface area (Å²) in [5, 5.41) is 4.14. The highest BCUT2D eigenvalue weighted by molar-refractivity contribution is 6.33. The first-order chi connectivity index (χ1) is 10.7. The molecule has 6 heteroatoms. The highest BCUT2D eigenvalue weighted by Gasteiger charge is 2.38. The van der Waals surface area contributed by atoms with Crippen LogP contribution in [0.3, 0.4) is 0 Å². The Bertz CT molecular complexity index is 534. The van der Waals surface area contributed by atoms with Gasteiger partial charge in [-0.3, -0.25) is 4.90 Å². The Morgan fingerprint density at radius 3 is 2.57 bits per heavy atom. The second-order valence-corrected chi connectivity index (χ2v) is 6.86. The third-order valence-corrected chi connectivity index (χ3v) is 5.55. The summed E-state index contributed by atoms with van der Waals surface area (Å²) in [6, 6.07) is 3.99. The maximum absolute atomic E-state index is 6.51. The number of likely N-dealkylation sites (tertiary alicyclic amines) is 1. The van der Waals surface area contributed by atoms with E-state index in [1.54, 1.807) is 14.2 Å². The summed E-state index contributed by atoms with van der Waals surface area (Å²) in [4.78, 5) is 2.53. The van der Waals surface area contributed by atoms with Crippen LogP contribution in [0.2, 0.25) is 5.02 Å². The fourth-order valence-electron chi connectivity index (χ4n) is 3.82. The van der Waals surface area contributed by atoms with Crippen molar-refractivity contribution in [2.75, 3.05) is 40.4 Å². The van der Waals surface area contributed by atoms with Crippen molar-refractivity contribution in [1.29, 1.82) is 0 Å². The molecule has 130 valence electrons. The van der Waals surface area contributed by atoms with Gasteiger partial charge in [-0.25, -0.2) is 0 Å². The first kappa shape index (κ1) is 18.7. The smallest absolute Gasteiger partial charge is 0.179 e. The third kappa shape index (κ3) is 3.87. The Labute approximate surface area is 149 Å². The quantitative estimate of drug-likeness (QED) is 0.892. The van der Waals surface area contributed by atoms with E-state index in [4.69, 9.17) is 21.1 Å². The largest absolute Gasteiger partial charge is 0.493 e. The van der Waals surface area contributed by atoms with Crippen LogP contribution in [0.4, 0.5) is 0 Å². The SMILES string of the molecule is COc1ccc(CN2CCC3(CCNCC3)C2)c(Cl)c1OC.Cl. The highest BCUT2D eigenvalue weighted by atomic mass is 35.5. The molecule has 0 amide bonds. The van der Waals surface area contributed by atoms with Crippen molar-refractivity contribution in [3.8, 4) is 11.5 Å². The van der Waals surface area contributed by atoms with Gasteiger partial charge in [0.25, 0.3) is 0 Å². The second-order valence-electron chi connectivity index (χ2n) is 6.48. The van der Waals surface area contributed by atoms with Gasteiger partial charge >= 0.3 is 0 Å². The zero-order valence-corrected chi connectivity index (χ0v) is 15.4. The molecule has 0 aliphatic carbocycles. The first-order valence-corrected chi connectivity index (χ1v) is 8.38. The number of rotatable bonds is 4. The van der Waals surface area contributed by atoms with Crippen LogP contribution in [0.25, 0.3) is 0 Å². The summed E-state index contributed by atoms with van der Waals surface area (Å²) in [7, 11) is 3.27. The molecular weight excluding hydrogens is 335 g/mol. The van der Waals surface area contributed by atoms with Crippen molar-refractivity contribution in [1.82, 2.24) is 10.2 Å². The van der Waals surface area contributed by atoms with Crippen molar-refractivity contribution in [3.63, 3.8) is 0 Å². The molecule has 1 spiro atoms. The maximum atomic E-state index is 6.51. The highest BCUT2D eigenvalue weighted by Crippen LogP contribution is 2.41. The lowest BCUT2D eigenvalue weighted by atomic mass is 9.78.